The minimum absolute atomic E-state index is 0.0407. The Morgan fingerprint density at radius 2 is 1.44 bits per heavy atom. The molecule has 0 amide bonds. The zero-order valence-electron chi connectivity index (χ0n) is 11.2. The summed E-state index contributed by atoms with van der Waals surface area (Å²) in [7, 11) is 0. The SMILES string of the molecule is Cc1cc(C)c(-n2c(C)cc(=O)cc2C)cc1N. The lowest BCUT2D eigenvalue weighted by Gasteiger charge is -2.18. The molecule has 94 valence electrons. The van der Waals surface area contributed by atoms with Crippen molar-refractivity contribution in [3.63, 3.8) is 0 Å². The molecule has 0 aliphatic carbocycles. The molecule has 2 aromatic rings. The van der Waals surface area contributed by atoms with Crippen molar-refractivity contribution in [1.29, 1.82) is 0 Å². The molecule has 18 heavy (non-hydrogen) atoms. The van der Waals surface area contributed by atoms with Gasteiger partial charge in [-0.25, -0.2) is 0 Å². The van der Waals surface area contributed by atoms with Gasteiger partial charge in [0.2, 0.25) is 0 Å². The minimum atomic E-state index is 0.0407. The number of benzene rings is 1. The smallest absolute Gasteiger partial charge is 0.182 e. The van der Waals surface area contributed by atoms with Crippen LogP contribution in [0.2, 0.25) is 0 Å². The van der Waals surface area contributed by atoms with Crippen LogP contribution in [0.25, 0.3) is 5.69 Å². The van der Waals surface area contributed by atoms with Crippen molar-refractivity contribution in [2.75, 3.05) is 5.73 Å². The molecular formula is C15H18N2O. The number of pyridine rings is 1. The Labute approximate surface area is 107 Å². The van der Waals surface area contributed by atoms with Crippen molar-refractivity contribution in [1.82, 2.24) is 4.57 Å². The predicted octanol–water partition coefficient (Wildman–Crippen LogP) is 2.65. The Hall–Kier alpha value is -2.03. The van der Waals surface area contributed by atoms with Crippen molar-refractivity contribution in [2.24, 2.45) is 0 Å². The van der Waals surface area contributed by atoms with Gasteiger partial charge in [-0.2, -0.15) is 0 Å². The van der Waals surface area contributed by atoms with E-state index in [1.807, 2.05) is 26.8 Å². The van der Waals surface area contributed by atoms with Gasteiger partial charge in [0.15, 0.2) is 5.43 Å². The summed E-state index contributed by atoms with van der Waals surface area (Å²) in [6, 6.07) is 7.32. The highest BCUT2D eigenvalue weighted by molar-refractivity contribution is 5.58. The molecule has 0 spiro atoms. The molecule has 0 atom stereocenters. The van der Waals surface area contributed by atoms with Crippen LogP contribution in [0, 0.1) is 27.7 Å². The van der Waals surface area contributed by atoms with Gasteiger partial charge in [-0.1, -0.05) is 6.07 Å². The van der Waals surface area contributed by atoms with E-state index in [2.05, 4.69) is 17.6 Å². The van der Waals surface area contributed by atoms with Gasteiger partial charge in [0, 0.05) is 29.2 Å². The molecule has 0 aliphatic rings. The zero-order valence-corrected chi connectivity index (χ0v) is 11.2. The van der Waals surface area contributed by atoms with E-state index in [1.54, 1.807) is 12.1 Å². The third kappa shape index (κ3) is 2.04. The Kier molecular flexibility index (Phi) is 2.99. The minimum Gasteiger partial charge on any atom is -0.398 e. The van der Waals surface area contributed by atoms with Crippen LogP contribution in [-0.4, -0.2) is 4.57 Å². The molecule has 0 saturated heterocycles. The number of anilines is 1. The Balaban J connectivity index is 2.77. The first kappa shape index (κ1) is 12.4. The fourth-order valence-corrected chi connectivity index (χ4v) is 2.34. The lowest BCUT2D eigenvalue weighted by atomic mass is 10.1. The van der Waals surface area contributed by atoms with Crippen molar-refractivity contribution >= 4 is 5.69 Å². The van der Waals surface area contributed by atoms with Crippen LogP contribution in [0.5, 0.6) is 0 Å². The Morgan fingerprint density at radius 1 is 0.889 bits per heavy atom. The molecule has 1 aromatic carbocycles. The average Bonchev–Trinajstić information content (AvgIpc) is 2.24. The first-order valence-corrected chi connectivity index (χ1v) is 5.97. The van der Waals surface area contributed by atoms with Crippen LogP contribution in [0.15, 0.2) is 29.1 Å². The van der Waals surface area contributed by atoms with Crippen molar-refractivity contribution in [2.45, 2.75) is 27.7 Å². The molecule has 1 aromatic heterocycles. The molecule has 2 N–H and O–H groups in total. The highest BCUT2D eigenvalue weighted by Gasteiger charge is 2.08. The zero-order chi connectivity index (χ0) is 13.4. The van der Waals surface area contributed by atoms with Crippen LogP contribution in [0.4, 0.5) is 5.69 Å². The van der Waals surface area contributed by atoms with Gasteiger partial charge in [0.1, 0.15) is 0 Å². The average molecular weight is 242 g/mol. The number of aromatic nitrogens is 1. The summed E-state index contributed by atoms with van der Waals surface area (Å²) in [5.74, 6) is 0. The number of hydrogen-bond donors (Lipinski definition) is 1. The quantitative estimate of drug-likeness (QED) is 0.781. The largest absolute Gasteiger partial charge is 0.398 e. The topological polar surface area (TPSA) is 48.0 Å². The van der Waals surface area contributed by atoms with Crippen LogP contribution in [0.1, 0.15) is 22.5 Å². The van der Waals surface area contributed by atoms with Gasteiger partial charge in [-0.3, -0.25) is 4.79 Å². The highest BCUT2D eigenvalue weighted by Crippen LogP contribution is 2.23. The molecule has 0 fully saturated rings. The van der Waals surface area contributed by atoms with Gasteiger partial charge in [0.05, 0.1) is 5.69 Å². The van der Waals surface area contributed by atoms with E-state index in [9.17, 15) is 4.79 Å². The summed E-state index contributed by atoms with van der Waals surface area (Å²) < 4.78 is 2.06. The maximum atomic E-state index is 11.5. The Bertz CT molecular complexity index is 643. The lowest BCUT2D eigenvalue weighted by Crippen LogP contribution is -2.12. The summed E-state index contributed by atoms with van der Waals surface area (Å²) >= 11 is 0. The summed E-state index contributed by atoms with van der Waals surface area (Å²) in [5.41, 5.74) is 11.9. The number of aryl methyl sites for hydroxylation is 4. The lowest BCUT2D eigenvalue weighted by molar-refractivity contribution is 0.913. The van der Waals surface area contributed by atoms with Gasteiger partial charge in [-0.05, 0) is 44.9 Å². The van der Waals surface area contributed by atoms with Crippen molar-refractivity contribution in [3.05, 3.63) is 57.0 Å². The van der Waals surface area contributed by atoms with Crippen molar-refractivity contribution in [3.8, 4) is 5.69 Å². The fourth-order valence-electron chi connectivity index (χ4n) is 2.34. The van der Waals surface area contributed by atoms with Crippen LogP contribution >= 0.6 is 0 Å². The predicted molar refractivity (Wildman–Crippen MR) is 75.4 cm³/mol. The van der Waals surface area contributed by atoms with E-state index in [1.165, 1.54) is 0 Å². The molecule has 1 heterocycles. The summed E-state index contributed by atoms with van der Waals surface area (Å²) in [5, 5.41) is 0. The first-order chi connectivity index (χ1) is 8.40. The van der Waals surface area contributed by atoms with E-state index < -0.39 is 0 Å². The van der Waals surface area contributed by atoms with E-state index in [-0.39, 0.29) is 5.43 Å². The molecule has 0 saturated carbocycles. The molecule has 0 radical (unpaired) electrons. The molecule has 3 heteroatoms. The number of hydrogen-bond acceptors (Lipinski definition) is 2. The molecular weight excluding hydrogens is 224 g/mol. The molecule has 3 nitrogen and oxygen atoms in total. The van der Waals surface area contributed by atoms with Gasteiger partial charge >= 0.3 is 0 Å². The molecule has 0 aliphatic heterocycles. The second-order valence-corrected chi connectivity index (χ2v) is 4.80. The summed E-state index contributed by atoms with van der Waals surface area (Å²) in [6.07, 6.45) is 0. The van der Waals surface area contributed by atoms with E-state index in [0.717, 1.165) is 33.9 Å². The first-order valence-electron chi connectivity index (χ1n) is 5.97. The summed E-state index contributed by atoms with van der Waals surface area (Å²) in [6.45, 7) is 7.92. The number of rotatable bonds is 1. The maximum Gasteiger partial charge on any atom is 0.182 e. The molecule has 2 rings (SSSR count). The fraction of sp³-hybridized carbons (Fsp3) is 0.267. The maximum absolute atomic E-state index is 11.5. The second kappa shape index (κ2) is 4.33. The van der Waals surface area contributed by atoms with Gasteiger partial charge < -0.3 is 10.3 Å². The second-order valence-electron chi connectivity index (χ2n) is 4.80. The van der Waals surface area contributed by atoms with Crippen LogP contribution < -0.4 is 11.2 Å². The highest BCUT2D eigenvalue weighted by atomic mass is 16.1. The summed E-state index contributed by atoms with van der Waals surface area (Å²) in [4.78, 5) is 11.5. The monoisotopic (exact) mass is 242 g/mol. The number of nitrogens with two attached hydrogens (primary N) is 1. The molecule has 0 bridgehead atoms. The number of nitrogen functional groups attached to an aromatic ring is 1. The third-order valence-corrected chi connectivity index (χ3v) is 3.23. The third-order valence-electron chi connectivity index (χ3n) is 3.23. The van der Waals surface area contributed by atoms with E-state index in [0.29, 0.717) is 0 Å². The Morgan fingerprint density at radius 3 is 2.00 bits per heavy atom. The molecule has 0 unspecified atom stereocenters. The van der Waals surface area contributed by atoms with Crippen LogP contribution in [-0.2, 0) is 0 Å². The van der Waals surface area contributed by atoms with Crippen molar-refractivity contribution < 1.29 is 0 Å². The number of nitrogens with zero attached hydrogens (tertiary/aromatic N) is 1. The van der Waals surface area contributed by atoms with Gasteiger partial charge in [0.25, 0.3) is 0 Å². The van der Waals surface area contributed by atoms with E-state index >= 15 is 0 Å². The van der Waals surface area contributed by atoms with Gasteiger partial charge in [-0.15, -0.1) is 0 Å². The normalized spacial score (nSPS) is 10.7. The standard InChI is InChI=1S/C15H18N2O/c1-9-5-10(2)15(8-14(9)16)17-11(3)6-13(18)7-12(17)4/h5-8H,16H2,1-4H3. The van der Waals surface area contributed by atoms with E-state index in [4.69, 9.17) is 5.73 Å². The van der Waals surface area contributed by atoms with Crippen LogP contribution in [0.3, 0.4) is 0 Å².